The lowest BCUT2D eigenvalue weighted by molar-refractivity contribution is -0.137. The zero-order valence-electron chi connectivity index (χ0n) is 47.9. The number of carbonyl (C=O) groups excluding carboxylic acids is 5. The maximum atomic E-state index is 12.9. The van der Waals surface area contributed by atoms with Crippen LogP contribution in [0.3, 0.4) is 0 Å². The number of carboxylic acid groups (broad SMARTS) is 1. The highest BCUT2D eigenvalue weighted by Gasteiger charge is 2.34. The summed E-state index contributed by atoms with van der Waals surface area (Å²) in [5, 5.41) is 22.6. The molecule has 2 atom stereocenters. The van der Waals surface area contributed by atoms with E-state index in [1.54, 1.807) is 24.5 Å². The Labute approximate surface area is 485 Å². The van der Waals surface area contributed by atoms with Gasteiger partial charge in [-0.3, -0.25) is 48.4 Å². The molecule has 0 radical (unpaired) electrons. The van der Waals surface area contributed by atoms with Gasteiger partial charge in [0, 0.05) is 152 Å². The smallest absolute Gasteiger partial charge is 0.351 e. The second-order valence-electron chi connectivity index (χ2n) is 24.0. The van der Waals surface area contributed by atoms with E-state index < -0.39 is 35.5 Å². The van der Waals surface area contributed by atoms with Crippen molar-refractivity contribution in [3.63, 3.8) is 0 Å². The summed E-state index contributed by atoms with van der Waals surface area (Å²) in [5.74, 6) is -1.52. The van der Waals surface area contributed by atoms with Gasteiger partial charge in [-0.1, -0.05) is 0 Å². The molecule has 6 aliphatic rings. The van der Waals surface area contributed by atoms with Gasteiger partial charge in [0.25, 0.3) is 11.8 Å². The fourth-order valence-electron chi connectivity index (χ4n) is 12.4. The third-order valence-electron chi connectivity index (χ3n) is 17.2. The van der Waals surface area contributed by atoms with Crippen molar-refractivity contribution in [1.29, 1.82) is 0 Å². The van der Waals surface area contributed by atoms with Gasteiger partial charge >= 0.3 is 23.3 Å². The van der Waals surface area contributed by atoms with E-state index in [2.05, 4.69) is 50.2 Å². The summed E-state index contributed by atoms with van der Waals surface area (Å²) < 4.78 is 10.8. The Balaban J connectivity index is 0.000000176. The molecule has 6 aliphatic heterocycles. The van der Waals surface area contributed by atoms with Gasteiger partial charge < -0.3 is 29.4 Å². The van der Waals surface area contributed by atoms with Crippen LogP contribution in [0.25, 0.3) is 11.3 Å². The monoisotopic (exact) mass is 1150 g/mol. The maximum absolute atomic E-state index is 12.9. The number of esters is 1. The second kappa shape index (κ2) is 24.4. The van der Waals surface area contributed by atoms with Gasteiger partial charge in [-0.25, -0.2) is 19.2 Å². The van der Waals surface area contributed by atoms with Crippen LogP contribution in [-0.2, 0) is 23.9 Å². The van der Waals surface area contributed by atoms with Crippen LogP contribution in [0.4, 0.5) is 22.7 Å². The van der Waals surface area contributed by atoms with Crippen LogP contribution < -0.4 is 41.6 Å². The van der Waals surface area contributed by atoms with Crippen LogP contribution in [0.15, 0.2) is 94.8 Å². The molecule has 12 rings (SSSR count). The molecule has 0 spiro atoms. The molecule has 0 bridgehead atoms. The molecule has 0 aliphatic carbocycles. The quantitative estimate of drug-likeness (QED) is 0.117. The summed E-state index contributed by atoms with van der Waals surface area (Å²) in [6, 6.07) is 21.0. The largest absolute Gasteiger partial charge is 0.478 e. The Morgan fingerprint density at radius 3 is 1.26 bits per heavy atom. The first-order valence-electron chi connectivity index (χ1n) is 29.4. The molecule has 24 heteroatoms. The Morgan fingerprint density at radius 2 is 0.893 bits per heavy atom. The number of piperazine rings is 2. The molecule has 2 aromatic carbocycles. The summed E-state index contributed by atoms with van der Waals surface area (Å²) in [5.41, 5.74) is 4.82. The summed E-state index contributed by atoms with van der Waals surface area (Å²) >= 11 is 0. The Bertz CT molecular complexity index is 3540. The first kappa shape index (κ1) is 57.4. The van der Waals surface area contributed by atoms with Crippen LogP contribution in [0, 0.1) is 11.8 Å². The number of rotatable bonds is 12. The van der Waals surface area contributed by atoms with E-state index in [0.717, 1.165) is 140 Å². The topological polar surface area (TPSA) is 254 Å². The highest BCUT2D eigenvalue weighted by molar-refractivity contribution is 6.00. The lowest BCUT2D eigenvalue weighted by Gasteiger charge is -2.40. The van der Waals surface area contributed by atoms with Gasteiger partial charge in [-0.15, -0.1) is 10.2 Å². The number of hydrogen-bond acceptors (Lipinski definition) is 17. The number of carbonyl (C=O) groups is 6. The van der Waals surface area contributed by atoms with Crippen LogP contribution in [0.5, 0.6) is 0 Å². The zero-order valence-corrected chi connectivity index (χ0v) is 47.9. The lowest BCUT2D eigenvalue weighted by Crippen LogP contribution is -2.49. The summed E-state index contributed by atoms with van der Waals surface area (Å²) in [6.45, 7) is 19.1. The van der Waals surface area contributed by atoms with E-state index in [1.165, 1.54) is 18.2 Å². The summed E-state index contributed by atoms with van der Waals surface area (Å²) in [4.78, 5) is 111. The minimum absolute atomic E-state index is 0.188. The fourth-order valence-corrected chi connectivity index (χ4v) is 12.4. The highest BCUT2D eigenvalue weighted by atomic mass is 16.6. The van der Waals surface area contributed by atoms with Gasteiger partial charge in [-0.2, -0.15) is 9.36 Å². The molecular weight excluding hydrogens is 1080 g/mol. The second-order valence-corrected chi connectivity index (χ2v) is 24.0. The Kier molecular flexibility index (Phi) is 16.7. The van der Waals surface area contributed by atoms with E-state index >= 15 is 0 Å². The third-order valence-corrected chi connectivity index (χ3v) is 17.2. The van der Waals surface area contributed by atoms with Crippen LogP contribution in [0.2, 0.25) is 0 Å². The molecule has 84 heavy (non-hydrogen) atoms. The standard InChI is InChI=1S/C32H41N7O5.C28H33N7O5/c1-32(2,3)44-30(42)23-4-6-24(7-5-23)36-13-10-22(11-14-36)21-35-16-18-37(19-17-35)25-12-15-38-27(20-25)34-39(31(38)43)26-8-9-28(40)33-29(26)41;36-25-6-5-23(26(37)29-25)35-28(40)34-12-9-22(17-24(34)30-35)33-15-13-31(14-16-33)18-19-7-10-32(11-8-19)21-3-1-20(2-4-21)27(38)39/h4-7,12,15,20,22,26H,8-11,13-14,16-19,21H2,1-3H3,(H,33,40,41);1-4,9,12,17,19,23H,5-8,10-11,13-16,18H2,(H,38,39)(H,29,36,37). The number of nitrogens with zero attached hydrogens (tertiary/aromatic N) is 12. The van der Waals surface area contributed by atoms with Gasteiger partial charge in [0.15, 0.2) is 11.3 Å². The molecule has 6 saturated heterocycles. The SMILES string of the molecule is CC(C)(C)OC(=O)c1ccc(N2CCC(CN3CCN(c4ccn5c(=O)n(C6CCC(=O)NC6=O)nc5c4)CC3)CC2)cc1.O=C1CCC(n2nc3cc(N4CCN(CC5CCN(c6ccc(C(=O)O)cc6)CC5)CC4)ccn3c2=O)C(=O)N1. The van der Waals surface area contributed by atoms with E-state index in [0.29, 0.717) is 34.3 Å². The van der Waals surface area contributed by atoms with E-state index in [-0.39, 0.29) is 54.8 Å². The van der Waals surface area contributed by atoms with E-state index in [1.807, 2.05) is 81.4 Å². The number of fused-ring (bicyclic) bond motifs is 2. The average Bonchev–Trinajstić information content (AvgIpc) is 4.13. The first-order chi connectivity index (χ1) is 40.4. The first-order valence-corrected chi connectivity index (χ1v) is 29.4. The van der Waals surface area contributed by atoms with Gasteiger partial charge in [0.1, 0.15) is 17.7 Å². The van der Waals surface area contributed by atoms with Gasteiger partial charge in [-0.05, 0) is 132 Å². The molecule has 6 fully saturated rings. The van der Waals surface area contributed by atoms with Crippen molar-refractivity contribution in [3.05, 3.63) is 117 Å². The number of hydrogen-bond donors (Lipinski definition) is 3. The minimum atomic E-state index is -0.901. The maximum Gasteiger partial charge on any atom is 0.351 e. The third kappa shape index (κ3) is 13.0. The average molecular weight is 1150 g/mol. The molecule has 4 aromatic heterocycles. The van der Waals surface area contributed by atoms with Crippen molar-refractivity contribution >= 4 is 69.6 Å². The highest BCUT2D eigenvalue weighted by Crippen LogP contribution is 2.29. The molecule has 4 amide bonds. The number of amides is 4. The minimum Gasteiger partial charge on any atom is -0.478 e. The molecule has 2 unspecified atom stereocenters. The van der Waals surface area contributed by atoms with E-state index in [4.69, 9.17) is 9.84 Å². The number of pyridine rings is 2. The molecule has 6 aromatic rings. The molecular formula is C60H74N14O10. The molecule has 10 heterocycles. The zero-order chi connectivity index (χ0) is 58.8. The number of nitrogens with one attached hydrogen (secondary N) is 2. The Morgan fingerprint density at radius 1 is 0.512 bits per heavy atom. The number of aromatic carboxylic acids is 1. The van der Waals surface area contributed by atoms with Crippen molar-refractivity contribution in [3.8, 4) is 0 Å². The van der Waals surface area contributed by atoms with Crippen LogP contribution in [0.1, 0.15) is 105 Å². The van der Waals surface area contributed by atoms with Crippen molar-refractivity contribution in [1.82, 2.24) is 48.8 Å². The normalized spacial score (nSPS) is 20.9. The number of ether oxygens (including phenoxy) is 1. The fraction of sp³-hybridized carbons (Fsp3) is 0.500. The lowest BCUT2D eigenvalue weighted by atomic mass is 9.95. The van der Waals surface area contributed by atoms with Crippen LogP contribution >= 0.6 is 0 Å². The Hall–Kier alpha value is -8.38. The predicted octanol–water partition coefficient (Wildman–Crippen LogP) is 3.68. The number of piperidine rings is 4. The van der Waals surface area contributed by atoms with Crippen LogP contribution in [-0.4, -0.2) is 176 Å². The predicted molar refractivity (Wildman–Crippen MR) is 314 cm³/mol. The number of imide groups is 2. The van der Waals surface area contributed by atoms with Crippen molar-refractivity contribution in [2.24, 2.45) is 11.8 Å². The van der Waals surface area contributed by atoms with Gasteiger partial charge in [0.05, 0.1) is 11.1 Å². The number of aromatic nitrogens is 6. The summed E-state index contributed by atoms with van der Waals surface area (Å²) in [6.07, 6.45) is 8.83. The van der Waals surface area contributed by atoms with Gasteiger partial charge in [0.2, 0.25) is 11.8 Å². The number of carboxylic acids is 1. The molecule has 24 nitrogen and oxygen atoms in total. The number of anilines is 4. The molecule has 444 valence electrons. The number of benzene rings is 2. The molecule has 3 N–H and O–H groups in total. The van der Waals surface area contributed by atoms with Crippen molar-refractivity contribution in [2.45, 2.75) is 89.8 Å². The van der Waals surface area contributed by atoms with Crippen molar-refractivity contribution in [2.75, 3.05) is 111 Å². The molecule has 0 saturated carbocycles. The van der Waals surface area contributed by atoms with E-state index in [9.17, 15) is 38.4 Å². The summed E-state index contributed by atoms with van der Waals surface area (Å²) in [7, 11) is 0. The van der Waals surface area contributed by atoms with Crippen molar-refractivity contribution < 1.29 is 38.6 Å².